The molecule has 1 aromatic heterocycles. The van der Waals surface area contributed by atoms with Crippen LogP contribution in [0.3, 0.4) is 0 Å². The molecule has 4 rings (SSSR count). The third-order valence-electron chi connectivity index (χ3n) is 4.52. The van der Waals surface area contributed by atoms with Gasteiger partial charge < -0.3 is 18.6 Å². The van der Waals surface area contributed by atoms with Crippen molar-refractivity contribution in [3.63, 3.8) is 0 Å². The molecule has 0 atom stereocenters. The number of methoxy groups -OCH3 is 1. The van der Waals surface area contributed by atoms with Crippen LogP contribution in [0.1, 0.15) is 5.56 Å². The number of carbonyl (C=O) groups excluding carboxylic acids is 1. The minimum absolute atomic E-state index is 0.0546. The van der Waals surface area contributed by atoms with Crippen LogP contribution in [0, 0.1) is 0 Å². The molecule has 0 aliphatic heterocycles. The predicted octanol–water partition coefficient (Wildman–Crippen LogP) is 4.08. The monoisotopic (exact) mass is 390 g/mol. The van der Waals surface area contributed by atoms with E-state index in [1.54, 1.807) is 37.4 Å². The number of hydrogen-bond donors (Lipinski definition) is 0. The molecule has 0 aliphatic carbocycles. The second kappa shape index (κ2) is 8.06. The van der Waals surface area contributed by atoms with Gasteiger partial charge in [0, 0.05) is 17.0 Å². The molecule has 146 valence electrons. The van der Waals surface area contributed by atoms with Gasteiger partial charge in [-0.15, -0.1) is 0 Å². The van der Waals surface area contributed by atoms with Crippen LogP contribution in [0.2, 0.25) is 0 Å². The maximum Gasteiger partial charge on any atom is 0.344 e. The van der Waals surface area contributed by atoms with E-state index in [0.29, 0.717) is 22.6 Å². The molecule has 0 amide bonds. The Morgan fingerprint density at radius 3 is 2.52 bits per heavy atom. The number of carbonyl (C=O) groups is 1. The topological polar surface area (TPSA) is 75.0 Å². The van der Waals surface area contributed by atoms with E-state index in [1.807, 2.05) is 30.3 Å². The molecule has 4 aromatic rings. The van der Waals surface area contributed by atoms with Gasteiger partial charge in [-0.2, -0.15) is 0 Å². The van der Waals surface area contributed by atoms with E-state index in [0.717, 1.165) is 16.2 Å². The first-order valence-corrected chi connectivity index (χ1v) is 9.01. The summed E-state index contributed by atoms with van der Waals surface area (Å²) in [5, 5.41) is 2.69. The Bertz CT molecular complexity index is 1220. The first kappa shape index (κ1) is 18.6. The molecule has 0 unspecified atom stereocenters. The number of fused-ring (bicyclic) bond motifs is 3. The van der Waals surface area contributed by atoms with E-state index in [-0.39, 0.29) is 13.2 Å². The number of hydrogen-bond acceptors (Lipinski definition) is 6. The molecule has 1 heterocycles. The fourth-order valence-corrected chi connectivity index (χ4v) is 3.15. The molecule has 6 nitrogen and oxygen atoms in total. The van der Waals surface area contributed by atoms with Crippen molar-refractivity contribution in [3.8, 4) is 11.5 Å². The van der Waals surface area contributed by atoms with Crippen molar-refractivity contribution < 1.29 is 23.4 Å². The molecule has 0 aliphatic rings. The summed E-state index contributed by atoms with van der Waals surface area (Å²) in [6.07, 6.45) is 0. The van der Waals surface area contributed by atoms with Crippen LogP contribution in [0.15, 0.2) is 75.9 Å². The van der Waals surface area contributed by atoms with Crippen molar-refractivity contribution in [3.05, 3.63) is 82.7 Å². The minimum Gasteiger partial charge on any atom is -0.497 e. The van der Waals surface area contributed by atoms with E-state index < -0.39 is 11.6 Å². The summed E-state index contributed by atoms with van der Waals surface area (Å²) in [6.45, 7) is -0.298. The Kier molecular flexibility index (Phi) is 5.16. The average Bonchev–Trinajstić information content (AvgIpc) is 2.76. The SMILES string of the molecule is COc1ccc(OCC(=O)OCc2cc(=O)oc3ccc4ccccc4c23)cc1. The van der Waals surface area contributed by atoms with Gasteiger partial charge in [-0.3, -0.25) is 0 Å². The Balaban J connectivity index is 1.50. The quantitative estimate of drug-likeness (QED) is 0.281. The Hall–Kier alpha value is -3.80. The Labute approximate surface area is 166 Å². The van der Waals surface area contributed by atoms with Crippen LogP contribution in [0.4, 0.5) is 0 Å². The number of benzene rings is 3. The van der Waals surface area contributed by atoms with Crippen molar-refractivity contribution in [2.24, 2.45) is 0 Å². The summed E-state index contributed by atoms with van der Waals surface area (Å²) >= 11 is 0. The van der Waals surface area contributed by atoms with Gasteiger partial charge in [0.05, 0.1) is 7.11 Å². The molecule has 0 radical (unpaired) electrons. The summed E-state index contributed by atoms with van der Waals surface area (Å²) in [5.74, 6) is 0.684. The van der Waals surface area contributed by atoms with Gasteiger partial charge in [0.15, 0.2) is 6.61 Å². The van der Waals surface area contributed by atoms with Gasteiger partial charge in [-0.05, 0) is 41.1 Å². The van der Waals surface area contributed by atoms with Crippen molar-refractivity contribution in [2.75, 3.05) is 13.7 Å². The molecular formula is C23H18O6. The highest BCUT2D eigenvalue weighted by Crippen LogP contribution is 2.27. The van der Waals surface area contributed by atoms with E-state index in [2.05, 4.69) is 0 Å². The third-order valence-corrected chi connectivity index (χ3v) is 4.52. The maximum atomic E-state index is 12.1. The fourth-order valence-electron chi connectivity index (χ4n) is 3.15. The van der Waals surface area contributed by atoms with Gasteiger partial charge in [0.1, 0.15) is 23.7 Å². The first-order chi connectivity index (χ1) is 14.1. The lowest BCUT2D eigenvalue weighted by molar-refractivity contribution is -0.147. The second-order valence-corrected chi connectivity index (χ2v) is 6.38. The summed E-state index contributed by atoms with van der Waals surface area (Å²) in [7, 11) is 1.57. The molecule has 0 N–H and O–H groups in total. The summed E-state index contributed by atoms with van der Waals surface area (Å²) in [4.78, 5) is 24.0. The van der Waals surface area contributed by atoms with E-state index in [9.17, 15) is 9.59 Å². The minimum atomic E-state index is -0.539. The predicted molar refractivity (Wildman–Crippen MR) is 108 cm³/mol. The fraction of sp³-hybridized carbons (Fsp3) is 0.130. The Morgan fingerprint density at radius 1 is 0.966 bits per heavy atom. The maximum absolute atomic E-state index is 12.1. The third kappa shape index (κ3) is 4.06. The normalized spacial score (nSPS) is 10.8. The van der Waals surface area contributed by atoms with Crippen molar-refractivity contribution in [1.29, 1.82) is 0 Å². The molecule has 0 saturated heterocycles. The number of ether oxygens (including phenoxy) is 3. The molecule has 3 aromatic carbocycles. The van der Waals surface area contributed by atoms with Crippen molar-refractivity contribution in [2.45, 2.75) is 6.61 Å². The highest BCUT2D eigenvalue weighted by molar-refractivity contribution is 6.07. The molecule has 0 bridgehead atoms. The van der Waals surface area contributed by atoms with Crippen LogP contribution in [-0.4, -0.2) is 19.7 Å². The van der Waals surface area contributed by atoms with Crippen LogP contribution < -0.4 is 15.1 Å². The van der Waals surface area contributed by atoms with E-state index in [4.69, 9.17) is 18.6 Å². The van der Waals surface area contributed by atoms with E-state index in [1.165, 1.54) is 6.07 Å². The zero-order valence-corrected chi connectivity index (χ0v) is 15.7. The van der Waals surface area contributed by atoms with Crippen molar-refractivity contribution >= 4 is 27.7 Å². The first-order valence-electron chi connectivity index (χ1n) is 9.01. The molecule has 6 heteroatoms. The largest absolute Gasteiger partial charge is 0.497 e. The standard InChI is InChI=1S/C23H18O6/c1-26-17-7-9-18(10-8-17)27-14-22(25)28-13-16-12-21(24)29-20-11-6-15-4-2-3-5-19(15)23(16)20/h2-12H,13-14H2,1H3. The van der Waals surface area contributed by atoms with Gasteiger partial charge in [-0.1, -0.05) is 30.3 Å². The molecule has 0 spiro atoms. The lowest BCUT2D eigenvalue weighted by Crippen LogP contribution is -2.15. The van der Waals surface area contributed by atoms with Gasteiger partial charge in [0.25, 0.3) is 0 Å². The zero-order chi connectivity index (χ0) is 20.2. The summed E-state index contributed by atoms with van der Waals surface area (Å²) in [6, 6.07) is 19.6. The highest BCUT2D eigenvalue weighted by Gasteiger charge is 2.12. The van der Waals surface area contributed by atoms with Crippen LogP contribution in [-0.2, 0) is 16.1 Å². The lowest BCUT2D eigenvalue weighted by atomic mass is 10.0. The molecular weight excluding hydrogens is 372 g/mol. The van der Waals surface area contributed by atoms with E-state index >= 15 is 0 Å². The highest BCUT2D eigenvalue weighted by atomic mass is 16.6. The van der Waals surface area contributed by atoms with Gasteiger partial charge in [0.2, 0.25) is 0 Å². The van der Waals surface area contributed by atoms with Gasteiger partial charge in [-0.25, -0.2) is 9.59 Å². The smallest absolute Gasteiger partial charge is 0.344 e. The summed E-state index contributed by atoms with van der Waals surface area (Å²) in [5.41, 5.74) is 0.552. The van der Waals surface area contributed by atoms with Crippen LogP contribution in [0.5, 0.6) is 11.5 Å². The van der Waals surface area contributed by atoms with Gasteiger partial charge >= 0.3 is 11.6 Å². The number of esters is 1. The number of rotatable bonds is 6. The second-order valence-electron chi connectivity index (χ2n) is 6.38. The summed E-state index contributed by atoms with van der Waals surface area (Å²) < 4.78 is 21.2. The molecule has 29 heavy (non-hydrogen) atoms. The lowest BCUT2D eigenvalue weighted by Gasteiger charge is -2.10. The molecule has 0 fully saturated rings. The molecule has 0 saturated carbocycles. The van der Waals surface area contributed by atoms with Crippen LogP contribution in [0.25, 0.3) is 21.7 Å². The zero-order valence-electron chi connectivity index (χ0n) is 15.7. The van der Waals surface area contributed by atoms with Crippen LogP contribution >= 0.6 is 0 Å². The Morgan fingerprint density at radius 2 is 1.72 bits per heavy atom. The average molecular weight is 390 g/mol. The van der Waals surface area contributed by atoms with Crippen molar-refractivity contribution in [1.82, 2.24) is 0 Å².